The van der Waals surface area contributed by atoms with Gasteiger partial charge in [-0.2, -0.15) is 15.4 Å². The number of aromatic amines is 1. The lowest BCUT2D eigenvalue weighted by Crippen LogP contribution is -2.15. The molecular weight excluding hydrogens is 384 g/mol. The number of imidazole rings is 1. The fourth-order valence-electron chi connectivity index (χ4n) is 4.59. The molecular formula is C25H28N6. The summed E-state index contributed by atoms with van der Waals surface area (Å²) in [6.07, 6.45) is 9.52. The first-order valence-electron chi connectivity index (χ1n) is 11.1. The topological polar surface area (TPSA) is 72.3 Å². The molecule has 4 aromatic rings. The minimum atomic E-state index is 0.529. The maximum absolute atomic E-state index is 4.66. The van der Waals surface area contributed by atoms with Gasteiger partial charge in [-0.15, -0.1) is 0 Å². The van der Waals surface area contributed by atoms with Crippen LogP contribution in [-0.4, -0.2) is 29.9 Å². The van der Waals surface area contributed by atoms with Crippen molar-refractivity contribution in [3.63, 3.8) is 0 Å². The summed E-state index contributed by atoms with van der Waals surface area (Å²) in [6.45, 7) is 7.43. The molecule has 1 N–H and O–H groups in total. The van der Waals surface area contributed by atoms with Crippen LogP contribution >= 0.6 is 0 Å². The van der Waals surface area contributed by atoms with Crippen LogP contribution in [-0.2, 0) is 13.0 Å². The molecule has 5 rings (SSSR count). The van der Waals surface area contributed by atoms with Crippen molar-refractivity contribution in [2.75, 3.05) is 0 Å². The normalized spacial score (nSPS) is 15.9. The summed E-state index contributed by atoms with van der Waals surface area (Å²) < 4.78 is 2.22. The summed E-state index contributed by atoms with van der Waals surface area (Å²) in [5, 5.41) is 11.1. The largest absolute Gasteiger partial charge is 0.336 e. The van der Waals surface area contributed by atoms with Crippen LogP contribution in [0.15, 0.2) is 49.1 Å². The van der Waals surface area contributed by atoms with Crippen LogP contribution in [0.5, 0.6) is 0 Å². The average molecular weight is 413 g/mol. The number of aromatic nitrogens is 6. The zero-order chi connectivity index (χ0) is 21.4. The van der Waals surface area contributed by atoms with E-state index >= 15 is 0 Å². The van der Waals surface area contributed by atoms with Crippen LogP contribution < -0.4 is 0 Å². The third-order valence-corrected chi connectivity index (χ3v) is 6.36. The lowest BCUT2D eigenvalue weighted by Gasteiger charge is -2.27. The Morgan fingerprint density at radius 1 is 1.10 bits per heavy atom. The van der Waals surface area contributed by atoms with E-state index in [0.29, 0.717) is 11.8 Å². The summed E-state index contributed by atoms with van der Waals surface area (Å²) >= 11 is 0. The smallest absolute Gasteiger partial charge is 0.115 e. The maximum atomic E-state index is 4.66. The van der Waals surface area contributed by atoms with Crippen molar-refractivity contribution in [2.45, 2.75) is 58.4 Å². The predicted molar refractivity (Wildman–Crippen MR) is 122 cm³/mol. The van der Waals surface area contributed by atoms with Gasteiger partial charge in [0.15, 0.2) is 0 Å². The van der Waals surface area contributed by atoms with Crippen molar-refractivity contribution < 1.29 is 0 Å². The van der Waals surface area contributed by atoms with E-state index in [0.717, 1.165) is 34.9 Å². The van der Waals surface area contributed by atoms with E-state index in [1.165, 1.54) is 36.0 Å². The molecule has 0 unspecified atom stereocenters. The van der Waals surface area contributed by atoms with Crippen molar-refractivity contribution in [1.82, 2.24) is 29.9 Å². The van der Waals surface area contributed by atoms with E-state index in [1.54, 1.807) is 0 Å². The third kappa shape index (κ3) is 3.90. The van der Waals surface area contributed by atoms with Gasteiger partial charge in [-0.1, -0.05) is 32.0 Å². The fourth-order valence-corrected chi connectivity index (χ4v) is 4.59. The second kappa shape index (κ2) is 8.10. The molecule has 3 aromatic heterocycles. The van der Waals surface area contributed by atoms with Crippen molar-refractivity contribution >= 4 is 0 Å². The van der Waals surface area contributed by atoms with Gasteiger partial charge in [0, 0.05) is 30.4 Å². The van der Waals surface area contributed by atoms with Crippen molar-refractivity contribution in [3.05, 3.63) is 71.4 Å². The molecule has 0 amide bonds. The molecule has 0 saturated carbocycles. The lowest BCUT2D eigenvalue weighted by molar-refractivity contribution is 0.482. The molecule has 0 saturated heterocycles. The number of H-pyrrole nitrogens is 1. The van der Waals surface area contributed by atoms with E-state index in [1.807, 2.05) is 31.6 Å². The number of nitrogens with zero attached hydrogens (tertiary/aromatic N) is 5. The first kappa shape index (κ1) is 19.7. The van der Waals surface area contributed by atoms with Gasteiger partial charge in [0.2, 0.25) is 0 Å². The molecule has 1 aliphatic carbocycles. The van der Waals surface area contributed by atoms with Gasteiger partial charge in [0.1, 0.15) is 11.4 Å². The Morgan fingerprint density at radius 3 is 2.81 bits per heavy atom. The first-order valence-corrected chi connectivity index (χ1v) is 11.1. The SMILES string of the molecule is Cc1n[nH]nc1-c1ccnc(-c2cn(C[C@H]3CCCc4ccc(C(C)C)cc43)cn2)c1. The highest BCUT2D eigenvalue weighted by molar-refractivity contribution is 5.67. The second-order valence-corrected chi connectivity index (χ2v) is 8.85. The number of rotatable bonds is 5. The number of hydrogen-bond donors (Lipinski definition) is 1. The van der Waals surface area contributed by atoms with Crippen molar-refractivity contribution in [1.29, 1.82) is 0 Å². The fraction of sp³-hybridized carbons (Fsp3) is 0.360. The molecule has 1 aliphatic rings. The molecule has 0 spiro atoms. The van der Waals surface area contributed by atoms with Gasteiger partial charge in [0.05, 0.1) is 17.7 Å². The van der Waals surface area contributed by atoms with E-state index in [9.17, 15) is 0 Å². The zero-order valence-electron chi connectivity index (χ0n) is 18.3. The van der Waals surface area contributed by atoms with Crippen LogP contribution in [0.25, 0.3) is 22.6 Å². The highest BCUT2D eigenvalue weighted by Gasteiger charge is 2.22. The van der Waals surface area contributed by atoms with Crippen LogP contribution in [0.1, 0.15) is 60.9 Å². The molecule has 0 radical (unpaired) electrons. The Morgan fingerprint density at radius 2 is 2.00 bits per heavy atom. The molecule has 0 bridgehead atoms. The van der Waals surface area contributed by atoms with Gasteiger partial charge in [-0.25, -0.2) is 4.98 Å². The molecule has 0 aliphatic heterocycles. The van der Waals surface area contributed by atoms with Gasteiger partial charge < -0.3 is 4.57 Å². The maximum Gasteiger partial charge on any atom is 0.115 e. The standard InChI is InChI=1S/C25H28N6/c1-16(2)19-8-7-18-5-4-6-21(22(18)11-19)13-31-14-24(27-15-31)23-12-20(9-10-26-23)25-17(3)28-30-29-25/h7-12,14-16,21H,4-6,13H2,1-3H3,(H,28,29,30)/t21-/m1/s1. The van der Waals surface area contributed by atoms with Gasteiger partial charge >= 0.3 is 0 Å². The average Bonchev–Trinajstić information content (AvgIpc) is 3.43. The van der Waals surface area contributed by atoms with Crippen LogP contribution in [0.3, 0.4) is 0 Å². The Hall–Kier alpha value is -3.28. The summed E-state index contributed by atoms with van der Waals surface area (Å²) in [6, 6.07) is 11.1. The minimum absolute atomic E-state index is 0.529. The predicted octanol–water partition coefficient (Wildman–Crippen LogP) is 5.28. The Labute approximate surface area is 182 Å². The number of hydrogen-bond acceptors (Lipinski definition) is 4. The Kier molecular flexibility index (Phi) is 5.14. The van der Waals surface area contributed by atoms with Gasteiger partial charge in [-0.05, 0) is 60.9 Å². The number of benzene rings is 1. The first-order chi connectivity index (χ1) is 15.1. The molecule has 0 fully saturated rings. The van der Waals surface area contributed by atoms with E-state index in [4.69, 9.17) is 0 Å². The number of aryl methyl sites for hydroxylation is 2. The van der Waals surface area contributed by atoms with E-state index < -0.39 is 0 Å². The molecule has 3 heterocycles. The molecule has 6 nitrogen and oxygen atoms in total. The van der Waals surface area contributed by atoms with Crippen molar-refractivity contribution in [2.24, 2.45) is 0 Å². The number of nitrogens with one attached hydrogen (secondary N) is 1. The molecule has 1 aromatic carbocycles. The third-order valence-electron chi connectivity index (χ3n) is 6.36. The van der Waals surface area contributed by atoms with E-state index in [2.05, 4.69) is 68.2 Å². The summed E-state index contributed by atoms with van der Waals surface area (Å²) in [4.78, 5) is 9.20. The number of pyridine rings is 1. The van der Waals surface area contributed by atoms with Crippen molar-refractivity contribution in [3.8, 4) is 22.6 Å². The second-order valence-electron chi connectivity index (χ2n) is 8.85. The Bertz CT molecular complexity index is 1200. The van der Waals surface area contributed by atoms with E-state index in [-0.39, 0.29) is 0 Å². The van der Waals surface area contributed by atoms with Crippen LogP contribution in [0.4, 0.5) is 0 Å². The monoisotopic (exact) mass is 412 g/mol. The highest BCUT2D eigenvalue weighted by Crippen LogP contribution is 2.35. The lowest BCUT2D eigenvalue weighted by atomic mass is 9.81. The molecule has 1 atom stereocenters. The molecule has 31 heavy (non-hydrogen) atoms. The molecule has 158 valence electrons. The van der Waals surface area contributed by atoms with Gasteiger partial charge in [0.25, 0.3) is 0 Å². The molecule has 6 heteroatoms. The van der Waals surface area contributed by atoms with Crippen LogP contribution in [0, 0.1) is 6.92 Å². The minimum Gasteiger partial charge on any atom is -0.336 e. The van der Waals surface area contributed by atoms with Crippen LogP contribution in [0.2, 0.25) is 0 Å². The number of fused-ring (bicyclic) bond motifs is 1. The summed E-state index contributed by atoms with van der Waals surface area (Å²) in [7, 11) is 0. The summed E-state index contributed by atoms with van der Waals surface area (Å²) in [5.41, 5.74) is 8.92. The quantitative estimate of drug-likeness (QED) is 0.484. The highest BCUT2D eigenvalue weighted by atomic mass is 15.3. The van der Waals surface area contributed by atoms with Gasteiger partial charge in [-0.3, -0.25) is 4.98 Å². The Balaban J connectivity index is 1.39. The summed E-state index contributed by atoms with van der Waals surface area (Å²) in [5.74, 6) is 1.08. The zero-order valence-corrected chi connectivity index (χ0v) is 18.3.